The van der Waals surface area contributed by atoms with Gasteiger partial charge in [0.25, 0.3) is 5.56 Å². The van der Waals surface area contributed by atoms with Gasteiger partial charge in [-0.15, -0.1) is 0 Å². The van der Waals surface area contributed by atoms with Crippen molar-refractivity contribution in [3.05, 3.63) is 88.0 Å². The fourth-order valence-electron chi connectivity index (χ4n) is 2.38. The van der Waals surface area contributed by atoms with Crippen molar-refractivity contribution in [1.82, 2.24) is 9.97 Å². The predicted molar refractivity (Wildman–Crippen MR) is 89.5 cm³/mol. The summed E-state index contributed by atoms with van der Waals surface area (Å²) in [6.07, 6.45) is 0.129. The second-order valence-electron chi connectivity index (χ2n) is 5.20. The molecule has 2 aromatic carbocycles. The molecule has 5 heteroatoms. The molecule has 116 valence electrons. The van der Waals surface area contributed by atoms with Crippen LogP contribution in [0.5, 0.6) is 0 Å². The Morgan fingerprint density at radius 3 is 2.29 bits per heavy atom. The lowest BCUT2D eigenvalue weighted by molar-refractivity contribution is 0.0983. The van der Waals surface area contributed by atoms with Gasteiger partial charge >= 0.3 is 0 Å². The molecule has 0 unspecified atom stereocenters. The summed E-state index contributed by atoms with van der Waals surface area (Å²) in [5.74, 6) is -0.346. The van der Waals surface area contributed by atoms with Crippen LogP contribution in [0.2, 0.25) is 0 Å². The van der Waals surface area contributed by atoms with Gasteiger partial charge in [-0.25, -0.2) is 4.98 Å². The quantitative estimate of drug-likeness (QED) is 0.750. The third-order valence-corrected chi connectivity index (χ3v) is 3.55. The third-order valence-electron chi connectivity index (χ3n) is 3.55. The zero-order valence-electron chi connectivity index (χ0n) is 12.7. The van der Waals surface area contributed by atoms with E-state index in [1.165, 1.54) is 0 Å². The van der Waals surface area contributed by atoms with Crippen LogP contribution in [-0.2, 0) is 6.42 Å². The van der Waals surface area contributed by atoms with Gasteiger partial charge in [-0.3, -0.25) is 9.59 Å². The Labute approximate surface area is 138 Å². The van der Waals surface area contributed by atoms with Crippen molar-refractivity contribution in [2.75, 3.05) is 0 Å². The molecule has 0 atom stereocenters. The summed E-state index contributed by atoms with van der Waals surface area (Å²) in [5.41, 5.74) is 0.961. The van der Waals surface area contributed by atoms with E-state index in [1.54, 1.807) is 24.3 Å². The van der Waals surface area contributed by atoms with Crippen molar-refractivity contribution in [1.29, 1.82) is 5.26 Å². The maximum Gasteiger partial charge on any atom is 0.269 e. The van der Waals surface area contributed by atoms with Gasteiger partial charge < -0.3 is 4.98 Å². The molecular formula is C19H13N3O2. The van der Waals surface area contributed by atoms with E-state index in [1.807, 2.05) is 42.5 Å². The largest absolute Gasteiger partial charge is 0.303 e. The maximum atomic E-state index is 12.4. The number of ketones is 1. The molecular weight excluding hydrogens is 302 g/mol. The Morgan fingerprint density at radius 1 is 1.04 bits per heavy atom. The molecule has 1 aromatic heterocycles. The number of aromatic nitrogens is 2. The average molecular weight is 315 g/mol. The van der Waals surface area contributed by atoms with Crippen molar-refractivity contribution >= 4 is 5.78 Å². The Kier molecular flexibility index (Phi) is 4.30. The minimum Gasteiger partial charge on any atom is -0.303 e. The van der Waals surface area contributed by atoms with Gasteiger partial charge in [0, 0.05) is 12.0 Å². The number of benzene rings is 2. The normalized spacial score (nSPS) is 10.1. The van der Waals surface area contributed by atoms with E-state index in [0.29, 0.717) is 5.56 Å². The number of nitrogens with zero attached hydrogens (tertiary/aromatic N) is 2. The van der Waals surface area contributed by atoms with Crippen LogP contribution >= 0.6 is 0 Å². The highest BCUT2D eigenvalue weighted by atomic mass is 16.1. The van der Waals surface area contributed by atoms with Crippen molar-refractivity contribution in [2.45, 2.75) is 6.42 Å². The Hall–Kier alpha value is -3.52. The van der Waals surface area contributed by atoms with Crippen LogP contribution in [0.1, 0.15) is 21.7 Å². The summed E-state index contributed by atoms with van der Waals surface area (Å²) < 4.78 is 0. The van der Waals surface area contributed by atoms with Gasteiger partial charge in [-0.05, 0) is 5.56 Å². The maximum absolute atomic E-state index is 12.4. The number of rotatable bonds is 4. The number of hydrogen-bond donors (Lipinski definition) is 1. The summed E-state index contributed by atoms with van der Waals surface area (Å²) in [4.78, 5) is 31.2. The smallest absolute Gasteiger partial charge is 0.269 e. The van der Waals surface area contributed by atoms with Crippen LogP contribution in [0.15, 0.2) is 65.5 Å². The average Bonchev–Trinajstić information content (AvgIpc) is 2.62. The summed E-state index contributed by atoms with van der Waals surface area (Å²) in [6.45, 7) is 0. The standard InChI is InChI=1S/C19H13N3O2/c20-12-15-17(14-9-5-2-6-10-14)21-18(22-19(15)24)16(23)11-13-7-3-1-4-8-13/h1-10H,11H2,(H,21,22,24). The highest BCUT2D eigenvalue weighted by Gasteiger charge is 2.17. The first kappa shape index (κ1) is 15.4. The number of carbonyl (C=O) groups is 1. The molecule has 24 heavy (non-hydrogen) atoms. The van der Waals surface area contributed by atoms with Gasteiger partial charge in [0.15, 0.2) is 5.82 Å². The van der Waals surface area contributed by atoms with Gasteiger partial charge in [0.1, 0.15) is 11.6 Å². The summed E-state index contributed by atoms with van der Waals surface area (Å²) in [5, 5.41) is 9.23. The molecule has 0 radical (unpaired) electrons. The molecule has 0 aliphatic carbocycles. The molecule has 0 bridgehead atoms. The third kappa shape index (κ3) is 3.13. The van der Waals surface area contributed by atoms with Gasteiger partial charge in [-0.1, -0.05) is 60.7 Å². The van der Waals surface area contributed by atoms with E-state index in [0.717, 1.165) is 5.56 Å². The highest BCUT2D eigenvalue weighted by Crippen LogP contribution is 2.18. The Bertz CT molecular complexity index is 971. The summed E-state index contributed by atoms with van der Waals surface area (Å²) in [6, 6.07) is 19.9. The first-order valence-corrected chi connectivity index (χ1v) is 7.36. The molecule has 0 spiro atoms. The number of hydrogen-bond acceptors (Lipinski definition) is 4. The van der Waals surface area contributed by atoms with Crippen molar-refractivity contribution in [3.63, 3.8) is 0 Å². The molecule has 0 amide bonds. The minimum absolute atomic E-state index is 0.0401. The fraction of sp³-hybridized carbons (Fsp3) is 0.0526. The number of nitriles is 1. The monoisotopic (exact) mass is 315 g/mol. The van der Waals surface area contributed by atoms with Crippen molar-refractivity contribution in [2.24, 2.45) is 0 Å². The first-order valence-electron chi connectivity index (χ1n) is 7.36. The fourth-order valence-corrected chi connectivity index (χ4v) is 2.38. The summed E-state index contributed by atoms with van der Waals surface area (Å²) >= 11 is 0. The van der Waals surface area contributed by atoms with Gasteiger partial charge in [-0.2, -0.15) is 5.26 Å². The van der Waals surface area contributed by atoms with E-state index in [2.05, 4.69) is 9.97 Å². The van der Waals surface area contributed by atoms with E-state index in [9.17, 15) is 14.9 Å². The second kappa shape index (κ2) is 6.71. The molecule has 1 heterocycles. The number of carbonyl (C=O) groups excluding carboxylic acids is 1. The number of nitrogens with one attached hydrogen (secondary N) is 1. The van der Waals surface area contributed by atoms with Crippen LogP contribution in [0.3, 0.4) is 0 Å². The topological polar surface area (TPSA) is 86.6 Å². The molecule has 3 rings (SSSR count). The lowest BCUT2D eigenvalue weighted by Gasteiger charge is -2.06. The Balaban J connectivity index is 2.04. The van der Waals surface area contributed by atoms with E-state index in [4.69, 9.17) is 0 Å². The second-order valence-corrected chi connectivity index (χ2v) is 5.20. The van der Waals surface area contributed by atoms with Crippen molar-refractivity contribution in [3.8, 4) is 17.3 Å². The highest BCUT2D eigenvalue weighted by molar-refractivity contribution is 5.94. The molecule has 3 aromatic rings. The van der Waals surface area contributed by atoms with Crippen LogP contribution in [-0.4, -0.2) is 15.8 Å². The summed E-state index contributed by atoms with van der Waals surface area (Å²) in [7, 11) is 0. The predicted octanol–water partition coefficient (Wildman–Crippen LogP) is 2.73. The number of H-pyrrole nitrogens is 1. The van der Waals surface area contributed by atoms with Crippen LogP contribution < -0.4 is 5.56 Å². The van der Waals surface area contributed by atoms with E-state index in [-0.39, 0.29) is 29.3 Å². The molecule has 0 aliphatic heterocycles. The SMILES string of the molecule is N#Cc1c(-c2ccccc2)nc(C(=O)Cc2ccccc2)[nH]c1=O. The minimum atomic E-state index is -0.609. The van der Waals surface area contributed by atoms with Gasteiger partial charge in [0.2, 0.25) is 5.78 Å². The van der Waals surface area contributed by atoms with E-state index < -0.39 is 5.56 Å². The molecule has 1 N–H and O–H groups in total. The molecule has 0 aliphatic rings. The first-order chi connectivity index (χ1) is 11.7. The number of Topliss-reactive ketones (excluding diaryl/α,β-unsaturated/α-hetero) is 1. The lowest BCUT2D eigenvalue weighted by atomic mass is 10.1. The molecule has 0 saturated heterocycles. The zero-order valence-corrected chi connectivity index (χ0v) is 12.7. The molecule has 0 fully saturated rings. The van der Waals surface area contributed by atoms with E-state index >= 15 is 0 Å². The Morgan fingerprint density at radius 2 is 1.67 bits per heavy atom. The number of aromatic amines is 1. The lowest BCUT2D eigenvalue weighted by Crippen LogP contribution is -2.20. The zero-order chi connectivity index (χ0) is 16.9. The molecule has 5 nitrogen and oxygen atoms in total. The molecule has 0 saturated carbocycles. The van der Waals surface area contributed by atoms with Crippen LogP contribution in [0.4, 0.5) is 0 Å². The van der Waals surface area contributed by atoms with Crippen LogP contribution in [0.25, 0.3) is 11.3 Å². The van der Waals surface area contributed by atoms with Gasteiger partial charge in [0.05, 0.1) is 5.69 Å². The van der Waals surface area contributed by atoms with Crippen molar-refractivity contribution < 1.29 is 4.79 Å². The van der Waals surface area contributed by atoms with Crippen LogP contribution in [0, 0.1) is 11.3 Å².